The van der Waals surface area contributed by atoms with E-state index in [2.05, 4.69) is 0 Å². The molecule has 0 aromatic rings. The lowest BCUT2D eigenvalue weighted by atomic mass is 9.99. The Labute approximate surface area is 72.0 Å². The molecule has 0 aliphatic heterocycles. The third-order valence-corrected chi connectivity index (χ3v) is 2.04. The van der Waals surface area contributed by atoms with Crippen LogP contribution in [0, 0.1) is 5.92 Å². The molecule has 12 heavy (non-hydrogen) atoms. The Hall–Kier alpha value is -1.18. The topological polar surface area (TPSA) is 34.1 Å². The molecule has 0 N–H and O–H groups in total. The van der Waals surface area contributed by atoms with Gasteiger partial charge in [-0.15, -0.1) is 0 Å². The van der Waals surface area contributed by atoms with Crippen LogP contribution in [0.2, 0.25) is 0 Å². The van der Waals surface area contributed by atoms with Crippen LogP contribution in [0.4, 0.5) is 0 Å². The highest BCUT2D eigenvalue weighted by molar-refractivity contribution is 5.85. The van der Waals surface area contributed by atoms with Crippen molar-refractivity contribution in [3.63, 3.8) is 0 Å². The van der Waals surface area contributed by atoms with Crippen LogP contribution in [0.3, 0.4) is 0 Å². The summed E-state index contributed by atoms with van der Waals surface area (Å²) in [5.41, 5.74) is 1.59. The number of carbonyl (C=O) groups is 2. The minimum atomic E-state index is -0.0786. The van der Waals surface area contributed by atoms with Gasteiger partial charge in [0.15, 0.2) is 0 Å². The van der Waals surface area contributed by atoms with Crippen molar-refractivity contribution in [2.45, 2.75) is 19.8 Å². The van der Waals surface area contributed by atoms with Crippen molar-refractivity contribution in [2.75, 3.05) is 0 Å². The maximum atomic E-state index is 10.6. The summed E-state index contributed by atoms with van der Waals surface area (Å²) in [6, 6.07) is 0. The Morgan fingerprint density at radius 2 is 2.33 bits per heavy atom. The molecule has 0 unspecified atom stereocenters. The molecule has 64 valence electrons. The zero-order valence-electron chi connectivity index (χ0n) is 7.12. The van der Waals surface area contributed by atoms with Crippen molar-refractivity contribution in [1.82, 2.24) is 0 Å². The molecule has 0 amide bonds. The van der Waals surface area contributed by atoms with E-state index < -0.39 is 0 Å². The second kappa shape index (κ2) is 4.00. The number of allylic oxidation sites excluding steroid dienone is 4. The van der Waals surface area contributed by atoms with Crippen LogP contribution in [0.15, 0.2) is 23.3 Å². The molecule has 0 spiro atoms. The Morgan fingerprint density at radius 3 is 2.83 bits per heavy atom. The highest BCUT2D eigenvalue weighted by Gasteiger charge is 2.21. The molecule has 1 aliphatic rings. The Kier molecular flexibility index (Phi) is 2.97. The first-order chi connectivity index (χ1) is 5.83. The van der Waals surface area contributed by atoms with E-state index in [1.165, 1.54) is 0 Å². The largest absolute Gasteiger partial charge is 0.303 e. The van der Waals surface area contributed by atoms with Crippen molar-refractivity contribution in [3.05, 3.63) is 23.3 Å². The van der Waals surface area contributed by atoms with Gasteiger partial charge in [-0.2, -0.15) is 0 Å². The van der Waals surface area contributed by atoms with Gasteiger partial charge in [-0.3, -0.25) is 4.79 Å². The van der Waals surface area contributed by atoms with Gasteiger partial charge >= 0.3 is 0 Å². The molecule has 1 rings (SSSR count). The van der Waals surface area contributed by atoms with Crippen LogP contribution < -0.4 is 0 Å². The van der Waals surface area contributed by atoms with E-state index in [9.17, 15) is 9.59 Å². The van der Waals surface area contributed by atoms with E-state index in [1.54, 1.807) is 0 Å². The molecule has 2 heteroatoms. The van der Waals surface area contributed by atoms with Crippen molar-refractivity contribution in [2.24, 2.45) is 5.92 Å². The fourth-order valence-corrected chi connectivity index (χ4v) is 1.45. The number of carbonyl (C=O) groups excluding carboxylic acids is 2. The fourth-order valence-electron chi connectivity index (χ4n) is 1.45. The molecule has 0 fully saturated rings. The molecule has 0 heterocycles. The molecule has 2 nitrogen and oxygen atoms in total. The quantitative estimate of drug-likeness (QED) is 0.594. The minimum absolute atomic E-state index is 0.0786. The van der Waals surface area contributed by atoms with Crippen LogP contribution in [-0.4, -0.2) is 12.6 Å². The third-order valence-electron chi connectivity index (χ3n) is 2.04. The van der Waals surface area contributed by atoms with Gasteiger partial charge in [0.25, 0.3) is 0 Å². The lowest BCUT2D eigenvalue weighted by molar-refractivity contribution is -0.109. The summed E-state index contributed by atoms with van der Waals surface area (Å²) in [6.45, 7) is 2.00. The minimum Gasteiger partial charge on any atom is -0.303 e. The average molecular weight is 164 g/mol. The van der Waals surface area contributed by atoms with Crippen molar-refractivity contribution >= 4 is 12.6 Å². The van der Waals surface area contributed by atoms with Crippen LogP contribution >= 0.6 is 0 Å². The number of hydrogen-bond acceptors (Lipinski definition) is 2. The normalized spacial score (nSPS) is 25.6. The number of hydrogen-bond donors (Lipinski definition) is 0. The van der Waals surface area contributed by atoms with Crippen LogP contribution in [0.1, 0.15) is 19.8 Å². The Morgan fingerprint density at radius 1 is 1.58 bits per heavy atom. The predicted molar refractivity (Wildman–Crippen MR) is 46.7 cm³/mol. The lowest BCUT2D eigenvalue weighted by Gasteiger charge is -2.03. The first-order valence-electron chi connectivity index (χ1n) is 4.14. The van der Waals surface area contributed by atoms with Crippen LogP contribution in [-0.2, 0) is 9.59 Å². The zero-order chi connectivity index (χ0) is 8.97. The standard InChI is InChI=1S/C10H12O2/c1-2-3-10-8(6-11)4-5-9(10)7-12/h3-4,6-7,9H,2,5H2,1H3/b10-3+/t9-/m0/s1. The van der Waals surface area contributed by atoms with Gasteiger partial charge in [-0.25, -0.2) is 0 Å². The summed E-state index contributed by atoms with van der Waals surface area (Å²) < 4.78 is 0. The molecular formula is C10H12O2. The third kappa shape index (κ3) is 1.52. The van der Waals surface area contributed by atoms with Gasteiger partial charge in [0.1, 0.15) is 12.6 Å². The van der Waals surface area contributed by atoms with E-state index in [1.807, 2.05) is 19.1 Å². The molecular weight excluding hydrogens is 152 g/mol. The summed E-state index contributed by atoms with van der Waals surface area (Å²) in [4.78, 5) is 21.1. The van der Waals surface area contributed by atoms with Gasteiger partial charge < -0.3 is 4.79 Å². The fraction of sp³-hybridized carbons (Fsp3) is 0.400. The summed E-state index contributed by atoms with van der Waals surface area (Å²) in [6.07, 6.45) is 7.06. The second-order valence-electron chi connectivity index (χ2n) is 2.82. The molecule has 0 saturated heterocycles. The van der Waals surface area contributed by atoms with E-state index in [0.29, 0.717) is 12.0 Å². The highest BCUT2D eigenvalue weighted by Crippen LogP contribution is 2.28. The Balaban J connectivity index is 2.88. The summed E-state index contributed by atoms with van der Waals surface area (Å²) in [5.74, 6) is -0.0786. The second-order valence-corrected chi connectivity index (χ2v) is 2.82. The number of rotatable bonds is 3. The summed E-state index contributed by atoms with van der Waals surface area (Å²) in [7, 11) is 0. The first-order valence-corrected chi connectivity index (χ1v) is 4.14. The zero-order valence-corrected chi connectivity index (χ0v) is 7.12. The van der Waals surface area contributed by atoms with E-state index in [0.717, 1.165) is 24.6 Å². The van der Waals surface area contributed by atoms with Crippen LogP contribution in [0.25, 0.3) is 0 Å². The smallest absolute Gasteiger partial charge is 0.150 e. The van der Waals surface area contributed by atoms with Crippen molar-refractivity contribution < 1.29 is 9.59 Å². The lowest BCUT2D eigenvalue weighted by Crippen LogP contribution is -2.01. The Bertz CT molecular complexity index is 249. The van der Waals surface area contributed by atoms with E-state index in [-0.39, 0.29) is 5.92 Å². The van der Waals surface area contributed by atoms with Gasteiger partial charge in [0, 0.05) is 11.5 Å². The number of aldehydes is 2. The molecule has 0 radical (unpaired) electrons. The van der Waals surface area contributed by atoms with Gasteiger partial charge in [-0.1, -0.05) is 19.1 Å². The molecule has 1 atom stereocenters. The van der Waals surface area contributed by atoms with Crippen molar-refractivity contribution in [3.8, 4) is 0 Å². The first kappa shape index (κ1) is 8.91. The van der Waals surface area contributed by atoms with Gasteiger partial charge in [-0.05, 0) is 18.4 Å². The maximum absolute atomic E-state index is 10.6. The predicted octanol–water partition coefficient (Wildman–Crippen LogP) is 1.67. The molecule has 0 aromatic heterocycles. The maximum Gasteiger partial charge on any atom is 0.150 e. The van der Waals surface area contributed by atoms with E-state index >= 15 is 0 Å². The highest BCUT2D eigenvalue weighted by atomic mass is 16.1. The molecule has 0 saturated carbocycles. The SMILES string of the molecule is CC/C=C1\C(C=O)=CC[C@H]1C=O. The average Bonchev–Trinajstić information content (AvgIpc) is 2.48. The van der Waals surface area contributed by atoms with Gasteiger partial charge in [0.05, 0.1) is 0 Å². The van der Waals surface area contributed by atoms with Gasteiger partial charge in [0.2, 0.25) is 0 Å². The summed E-state index contributed by atoms with van der Waals surface area (Å²) >= 11 is 0. The molecule has 0 aromatic carbocycles. The van der Waals surface area contributed by atoms with Crippen LogP contribution in [0.5, 0.6) is 0 Å². The molecule has 0 bridgehead atoms. The van der Waals surface area contributed by atoms with E-state index in [4.69, 9.17) is 0 Å². The summed E-state index contributed by atoms with van der Waals surface area (Å²) in [5, 5.41) is 0. The van der Waals surface area contributed by atoms with Crippen molar-refractivity contribution in [1.29, 1.82) is 0 Å². The molecule has 1 aliphatic carbocycles. The monoisotopic (exact) mass is 164 g/mol.